The maximum Gasteiger partial charge on any atom is 0.269 e. The second kappa shape index (κ2) is 7.26. The van der Waals surface area contributed by atoms with E-state index in [0.29, 0.717) is 17.7 Å². The van der Waals surface area contributed by atoms with Gasteiger partial charge < -0.3 is 5.11 Å². The number of hydrogen-bond acceptors (Lipinski definition) is 4. The van der Waals surface area contributed by atoms with Gasteiger partial charge in [-0.3, -0.25) is 15.0 Å². The molecule has 0 radical (unpaired) electrons. The zero-order valence-corrected chi connectivity index (χ0v) is 12.4. The first-order valence-corrected chi connectivity index (χ1v) is 6.91. The Balaban J connectivity index is 2.01. The number of aliphatic hydroxyl groups is 1. The van der Waals surface area contributed by atoms with Crippen LogP contribution in [0.3, 0.4) is 0 Å². The predicted octanol–water partition coefficient (Wildman–Crippen LogP) is 3.04. The minimum atomic E-state index is -0.926. The van der Waals surface area contributed by atoms with Crippen molar-refractivity contribution in [3.05, 3.63) is 75.3 Å². The third-order valence-electron chi connectivity index (χ3n) is 3.39. The summed E-state index contributed by atoms with van der Waals surface area (Å²) in [6.07, 6.45) is -0.926. The molecule has 0 aliphatic heterocycles. The summed E-state index contributed by atoms with van der Waals surface area (Å²) >= 11 is 0. The summed E-state index contributed by atoms with van der Waals surface area (Å²) in [5, 5.41) is 20.9. The van der Waals surface area contributed by atoms with Crippen LogP contribution in [0.2, 0.25) is 0 Å². The number of non-ortho nitro benzene ring substituents is 1. The topological polar surface area (TPSA) is 66.6 Å². The first-order valence-electron chi connectivity index (χ1n) is 6.91. The molecule has 0 aromatic heterocycles. The number of likely N-dealkylation sites (N-methyl/N-ethyl adjacent to an activating group) is 1. The zero-order chi connectivity index (χ0) is 17.0. The van der Waals surface area contributed by atoms with Crippen molar-refractivity contribution in [2.24, 2.45) is 0 Å². The van der Waals surface area contributed by atoms with Crippen LogP contribution >= 0.6 is 0 Å². The Morgan fingerprint density at radius 2 is 1.96 bits per heavy atom. The van der Waals surface area contributed by atoms with Crippen molar-refractivity contribution in [3.63, 3.8) is 0 Å². The maximum atomic E-state index is 13.2. The number of hydrogen-bond donors (Lipinski definition) is 1. The van der Waals surface area contributed by atoms with Crippen molar-refractivity contribution >= 4 is 5.69 Å². The van der Waals surface area contributed by atoms with Crippen molar-refractivity contribution in [1.29, 1.82) is 0 Å². The lowest BCUT2D eigenvalue weighted by molar-refractivity contribution is -0.385. The lowest BCUT2D eigenvalue weighted by Crippen LogP contribution is -2.24. The van der Waals surface area contributed by atoms with Gasteiger partial charge in [-0.2, -0.15) is 0 Å². The standard InChI is InChI=1S/C16H16F2N2O3/c1-19(9-11-5-6-14(17)15(18)7-11)10-16(21)12-3-2-4-13(8-12)20(22)23/h2-8,16,21H,9-10H2,1H3. The fourth-order valence-electron chi connectivity index (χ4n) is 2.26. The Kier molecular flexibility index (Phi) is 5.36. The van der Waals surface area contributed by atoms with Crippen molar-refractivity contribution in [2.45, 2.75) is 12.6 Å². The van der Waals surface area contributed by atoms with Crippen LogP contribution in [0, 0.1) is 21.7 Å². The fraction of sp³-hybridized carbons (Fsp3) is 0.250. The van der Waals surface area contributed by atoms with Crippen molar-refractivity contribution < 1.29 is 18.8 Å². The van der Waals surface area contributed by atoms with Gasteiger partial charge in [0.25, 0.3) is 5.69 Å². The number of aliphatic hydroxyl groups excluding tert-OH is 1. The molecule has 0 saturated heterocycles. The molecular weight excluding hydrogens is 306 g/mol. The average molecular weight is 322 g/mol. The van der Waals surface area contributed by atoms with E-state index in [0.717, 1.165) is 12.1 Å². The van der Waals surface area contributed by atoms with Gasteiger partial charge in [0.2, 0.25) is 0 Å². The highest BCUT2D eigenvalue weighted by Crippen LogP contribution is 2.20. The van der Waals surface area contributed by atoms with Gasteiger partial charge in [0.15, 0.2) is 11.6 Å². The number of halogens is 2. The summed E-state index contributed by atoms with van der Waals surface area (Å²) in [4.78, 5) is 11.9. The highest BCUT2D eigenvalue weighted by molar-refractivity contribution is 5.35. The molecule has 0 saturated carbocycles. The zero-order valence-electron chi connectivity index (χ0n) is 12.4. The third-order valence-corrected chi connectivity index (χ3v) is 3.39. The second-order valence-corrected chi connectivity index (χ2v) is 5.31. The van der Waals surface area contributed by atoms with Crippen LogP contribution in [0.5, 0.6) is 0 Å². The lowest BCUT2D eigenvalue weighted by atomic mass is 10.1. The van der Waals surface area contributed by atoms with E-state index in [1.165, 1.54) is 24.3 Å². The van der Waals surface area contributed by atoms with Crippen LogP contribution in [0.25, 0.3) is 0 Å². The number of rotatable bonds is 6. The van der Waals surface area contributed by atoms with Gasteiger partial charge in [0.1, 0.15) is 0 Å². The largest absolute Gasteiger partial charge is 0.387 e. The van der Waals surface area contributed by atoms with Crippen LogP contribution in [0.1, 0.15) is 17.2 Å². The smallest absolute Gasteiger partial charge is 0.269 e. The normalized spacial score (nSPS) is 12.4. The summed E-state index contributed by atoms with van der Waals surface area (Å²) in [6, 6.07) is 9.39. The fourth-order valence-corrected chi connectivity index (χ4v) is 2.26. The molecule has 23 heavy (non-hydrogen) atoms. The SMILES string of the molecule is CN(Cc1ccc(F)c(F)c1)CC(O)c1cccc([N+](=O)[O-])c1. The number of nitro benzene ring substituents is 1. The molecule has 1 unspecified atom stereocenters. The Morgan fingerprint density at radius 1 is 1.22 bits per heavy atom. The van der Waals surface area contributed by atoms with E-state index in [9.17, 15) is 24.0 Å². The van der Waals surface area contributed by atoms with Crippen LogP contribution in [-0.2, 0) is 6.54 Å². The second-order valence-electron chi connectivity index (χ2n) is 5.31. The summed E-state index contributed by atoms with van der Waals surface area (Å²) in [5.41, 5.74) is 0.902. The van der Waals surface area contributed by atoms with E-state index in [-0.39, 0.29) is 12.2 Å². The Hall–Kier alpha value is -2.38. The summed E-state index contributed by atoms with van der Waals surface area (Å²) in [5.74, 6) is -1.83. The first kappa shape index (κ1) is 17.0. The van der Waals surface area contributed by atoms with Gasteiger partial charge in [-0.1, -0.05) is 18.2 Å². The molecule has 0 heterocycles. The van der Waals surface area contributed by atoms with Gasteiger partial charge in [-0.25, -0.2) is 8.78 Å². The molecule has 2 rings (SSSR count). The molecule has 0 fully saturated rings. The van der Waals surface area contributed by atoms with Crippen LogP contribution in [0.4, 0.5) is 14.5 Å². The Bertz CT molecular complexity index is 709. The van der Waals surface area contributed by atoms with E-state index in [2.05, 4.69) is 0 Å². The quantitative estimate of drug-likeness (QED) is 0.656. The molecule has 2 aromatic carbocycles. The summed E-state index contributed by atoms with van der Waals surface area (Å²) < 4.78 is 26.1. The molecule has 0 amide bonds. The average Bonchev–Trinajstić information content (AvgIpc) is 2.51. The van der Waals surface area contributed by atoms with E-state index in [4.69, 9.17) is 0 Å². The summed E-state index contributed by atoms with van der Waals surface area (Å²) in [7, 11) is 1.71. The highest BCUT2D eigenvalue weighted by atomic mass is 19.2. The van der Waals surface area contributed by atoms with Gasteiger partial charge >= 0.3 is 0 Å². The van der Waals surface area contributed by atoms with Gasteiger partial charge in [-0.15, -0.1) is 0 Å². The van der Waals surface area contributed by atoms with Crippen molar-refractivity contribution in [3.8, 4) is 0 Å². The van der Waals surface area contributed by atoms with Gasteiger partial charge in [0, 0.05) is 25.2 Å². The molecule has 1 atom stereocenters. The predicted molar refractivity (Wildman–Crippen MR) is 80.7 cm³/mol. The minimum absolute atomic E-state index is 0.0928. The number of benzene rings is 2. The van der Waals surface area contributed by atoms with E-state index < -0.39 is 22.7 Å². The first-order chi connectivity index (χ1) is 10.9. The minimum Gasteiger partial charge on any atom is -0.387 e. The molecule has 0 spiro atoms. The molecule has 1 N–H and O–H groups in total. The molecular formula is C16H16F2N2O3. The molecule has 122 valence electrons. The van der Waals surface area contributed by atoms with Crippen molar-refractivity contribution in [1.82, 2.24) is 4.90 Å². The molecule has 0 aliphatic rings. The van der Waals surface area contributed by atoms with E-state index in [1.807, 2.05) is 0 Å². The molecule has 0 bridgehead atoms. The van der Waals surface area contributed by atoms with E-state index >= 15 is 0 Å². The highest BCUT2D eigenvalue weighted by Gasteiger charge is 2.15. The van der Waals surface area contributed by atoms with Crippen LogP contribution < -0.4 is 0 Å². The van der Waals surface area contributed by atoms with E-state index in [1.54, 1.807) is 18.0 Å². The van der Waals surface area contributed by atoms with Crippen molar-refractivity contribution in [2.75, 3.05) is 13.6 Å². The Morgan fingerprint density at radius 3 is 2.61 bits per heavy atom. The monoisotopic (exact) mass is 322 g/mol. The van der Waals surface area contributed by atoms with Crippen LogP contribution in [0.15, 0.2) is 42.5 Å². The number of nitro groups is 1. The van der Waals surface area contributed by atoms with Gasteiger partial charge in [-0.05, 0) is 30.3 Å². The lowest BCUT2D eigenvalue weighted by Gasteiger charge is -2.21. The number of nitrogens with zero attached hydrogens (tertiary/aromatic N) is 2. The maximum absolute atomic E-state index is 13.2. The molecule has 0 aliphatic carbocycles. The third kappa shape index (κ3) is 4.54. The van der Waals surface area contributed by atoms with Crippen LogP contribution in [-0.4, -0.2) is 28.5 Å². The molecule has 7 heteroatoms. The van der Waals surface area contributed by atoms with Gasteiger partial charge in [0.05, 0.1) is 11.0 Å². The molecule has 2 aromatic rings. The molecule has 5 nitrogen and oxygen atoms in total. The summed E-state index contributed by atoms with van der Waals surface area (Å²) in [6.45, 7) is 0.503. The Labute approximate surface area is 131 Å².